The third-order valence-electron chi connectivity index (χ3n) is 2.99. The van der Waals surface area contributed by atoms with Crippen LogP contribution >= 0.6 is 0 Å². The largest absolute Gasteiger partial charge is 0.462 e. The molecule has 0 saturated heterocycles. The van der Waals surface area contributed by atoms with Crippen LogP contribution in [-0.4, -0.2) is 12.6 Å². The van der Waals surface area contributed by atoms with E-state index in [1.807, 2.05) is 0 Å². The molecule has 0 unspecified atom stereocenters. The Balaban J connectivity index is 2.60. The van der Waals surface area contributed by atoms with Gasteiger partial charge in [0.2, 0.25) is 0 Å². The molecule has 116 valence electrons. The topological polar surface area (TPSA) is 26.3 Å². The fourth-order valence-electron chi connectivity index (χ4n) is 2.05. The van der Waals surface area contributed by atoms with E-state index >= 15 is 0 Å². The summed E-state index contributed by atoms with van der Waals surface area (Å²) >= 11 is 0. The van der Waals surface area contributed by atoms with Crippen molar-refractivity contribution in [3.8, 4) is 11.1 Å². The summed E-state index contributed by atoms with van der Waals surface area (Å²) in [5, 5.41) is 0. The molecule has 0 radical (unpaired) electrons. The predicted octanol–water partition coefficient (Wildman–Crippen LogP) is 4.69. The Hall–Kier alpha value is -2.37. The summed E-state index contributed by atoms with van der Waals surface area (Å²) in [5.41, 5.74) is -1.26. The zero-order valence-corrected chi connectivity index (χ0v) is 11.6. The summed E-state index contributed by atoms with van der Waals surface area (Å²) in [5.74, 6) is -1.57. The first-order valence-electron chi connectivity index (χ1n) is 6.48. The Morgan fingerprint density at radius 1 is 1.14 bits per heavy atom. The Morgan fingerprint density at radius 3 is 2.45 bits per heavy atom. The summed E-state index contributed by atoms with van der Waals surface area (Å²) < 4.78 is 57.2. The first-order chi connectivity index (χ1) is 10.3. The predicted molar refractivity (Wildman–Crippen MR) is 72.8 cm³/mol. The van der Waals surface area contributed by atoms with E-state index in [1.165, 1.54) is 24.3 Å². The van der Waals surface area contributed by atoms with Crippen molar-refractivity contribution in [1.29, 1.82) is 0 Å². The number of hydrogen-bond donors (Lipinski definition) is 0. The quantitative estimate of drug-likeness (QED) is 0.607. The number of hydrogen-bond acceptors (Lipinski definition) is 2. The van der Waals surface area contributed by atoms with E-state index in [9.17, 15) is 22.4 Å². The van der Waals surface area contributed by atoms with Crippen molar-refractivity contribution in [3.63, 3.8) is 0 Å². The minimum atomic E-state index is -4.55. The van der Waals surface area contributed by atoms with Crippen LogP contribution in [0.15, 0.2) is 42.5 Å². The van der Waals surface area contributed by atoms with Gasteiger partial charge in [-0.05, 0) is 36.8 Å². The van der Waals surface area contributed by atoms with Crippen LogP contribution in [0.1, 0.15) is 22.8 Å². The van der Waals surface area contributed by atoms with E-state index in [2.05, 4.69) is 0 Å². The number of carbonyl (C=O) groups is 1. The monoisotopic (exact) mass is 312 g/mol. The lowest BCUT2D eigenvalue weighted by atomic mass is 9.97. The molecule has 22 heavy (non-hydrogen) atoms. The van der Waals surface area contributed by atoms with E-state index in [-0.39, 0.29) is 23.3 Å². The SMILES string of the molecule is CCOC(=O)c1cccc(F)c1-c1cccc(C(F)(F)F)c1. The van der Waals surface area contributed by atoms with Crippen molar-refractivity contribution in [1.82, 2.24) is 0 Å². The number of halogens is 4. The fourth-order valence-corrected chi connectivity index (χ4v) is 2.05. The molecule has 0 aromatic heterocycles. The third kappa shape index (κ3) is 3.27. The van der Waals surface area contributed by atoms with Gasteiger partial charge in [0, 0.05) is 5.56 Å². The Labute approximate surface area is 124 Å². The second kappa shape index (κ2) is 6.17. The van der Waals surface area contributed by atoms with Gasteiger partial charge >= 0.3 is 12.1 Å². The van der Waals surface area contributed by atoms with Gasteiger partial charge in [0.1, 0.15) is 5.82 Å². The summed E-state index contributed by atoms with van der Waals surface area (Å²) in [6, 6.07) is 7.87. The van der Waals surface area contributed by atoms with Crippen molar-refractivity contribution in [3.05, 3.63) is 59.4 Å². The molecule has 0 aliphatic rings. The second-order valence-electron chi connectivity index (χ2n) is 4.46. The van der Waals surface area contributed by atoms with E-state index in [0.29, 0.717) is 0 Å². The van der Waals surface area contributed by atoms with Crippen molar-refractivity contribution in [2.24, 2.45) is 0 Å². The van der Waals surface area contributed by atoms with Crippen molar-refractivity contribution in [2.75, 3.05) is 6.61 Å². The first kappa shape index (κ1) is 16.0. The van der Waals surface area contributed by atoms with Gasteiger partial charge in [0.05, 0.1) is 17.7 Å². The maximum atomic E-state index is 14.1. The highest BCUT2D eigenvalue weighted by Gasteiger charge is 2.31. The molecule has 0 bridgehead atoms. The van der Waals surface area contributed by atoms with Crippen LogP contribution in [0.25, 0.3) is 11.1 Å². The second-order valence-corrected chi connectivity index (χ2v) is 4.46. The van der Waals surface area contributed by atoms with Gasteiger partial charge in [0.25, 0.3) is 0 Å². The lowest BCUT2D eigenvalue weighted by molar-refractivity contribution is -0.137. The van der Waals surface area contributed by atoms with Crippen LogP contribution in [0.2, 0.25) is 0 Å². The standard InChI is InChI=1S/C16H12F4O2/c1-2-22-15(21)12-7-4-8-13(17)14(12)10-5-3-6-11(9-10)16(18,19)20/h3-9H,2H2,1H3. The highest BCUT2D eigenvalue weighted by molar-refractivity contribution is 5.97. The van der Waals surface area contributed by atoms with E-state index in [1.54, 1.807) is 6.92 Å². The zero-order valence-electron chi connectivity index (χ0n) is 11.6. The number of alkyl halides is 3. The number of esters is 1. The van der Waals surface area contributed by atoms with E-state index in [0.717, 1.165) is 18.2 Å². The Kier molecular flexibility index (Phi) is 4.49. The first-order valence-corrected chi connectivity index (χ1v) is 6.48. The van der Waals surface area contributed by atoms with Gasteiger partial charge in [0.15, 0.2) is 0 Å². The summed E-state index contributed by atoms with van der Waals surface area (Å²) in [7, 11) is 0. The molecule has 0 aliphatic heterocycles. The van der Waals surface area contributed by atoms with Gasteiger partial charge in [-0.2, -0.15) is 13.2 Å². The van der Waals surface area contributed by atoms with Crippen LogP contribution < -0.4 is 0 Å². The Morgan fingerprint density at radius 2 is 1.82 bits per heavy atom. The summed E-state index contributed by atoms with van der Waals surface area (Å²) in [4.78, 5) is 11.9. The molecule has 0 atom stereocenters. The molecule has 0 N–H and O–H groups in total. The van der Waals surface area contributed by atoms with Gasteiger partial charge in [-0.15, -0.1) is 0 Å². The van der Waals surface area contributed by atoms with Crippen LogP contribution in [0.3, 0.4) is 0 Å². The smallest absolute Gasteiger partial charge is 0.416 e. The van der Waals surface area contributed by atoms with Crippen LogP contribution in [0.4, 0.5) is 17.6 Å². The Bertz CT molecular complexity index is 693. The third-order valence-corrected chi connectivity index (χ3v) is 2.99. The number of rotatable bonds is 3. The van der Waals surface area contributed by atoms with E-state index in [4.69, 9.17) is 4.74 Å². The van der Waals surface area contributed by atoms with Crippen molar-refractivity contribution in [2.45, 2.75) is 13.1 Å². The van der Waals surface area contributed by atoms with Gasteiger partial charge in [-0.3, -0.25) is 0 Å². The number of ether oxygens (including phenoxy) is 1. The fraction of sp³-hybridized carbons (Fsp3) is 0.188. The maximum absolute atomic E-state index is 14.1. The highest BCUT2D eigenvalue weighted by Crippen LogP contribution is 2.34. The van der Waals surface area contributed by atoms with Crippen molar-refractivity contribution < 1.29 is 27.1 Å². The van der Waals surface area contributed by atoms with Gasteiger partial charge in [-0.25, -0.2) is 9.18 Å². The average molecular weight is 312 g/mol. The summed E-state index contributed by atoms with van der Waals surface area (Å²) in [6.07, 6.45) is -4.55. The number of benzene rings is 2. The average Bonchev–Trinajstić information content (AvgIpc) is 2.46. The normalized spacial score (nSPS) is 11.3. The molecule has 0 heterocycles. The van der Waals surface area contributed by atoms with Crippen LogP contribution in [0, 0.1) is 5.82 Å². The molecule has 0 amide bonds. The minimum absolute atomic E-state index is 0.0315. The van der Waals surface area contributed by atoms with Crippen LogP contribution in [0.5, 0.6) is 0 Å². The lowest BCUT2D eigenvalue weighted by Gasteiger charge is -2.12. The molecular weight excluding hydrogens is 300 g/mol. The molecule has 2 aromatic rings. The molecule has 0 saturated carbocycles. The minimum Gasteiger partial charge on any atom is -0.462 e. The zero-order chi connectivity index (χ0) is 16.3. The maximum Gasteiger partial charge on any atom is 0.416 e. The molecule has 2 nitrogen and oxygen atoms in total. The lowest BCUT2D eigenvalue weighted by Crippen LogP contribution is -2.08. The molecule has 0 fully saturated rings. The van der Waals surface area contributed by atoms with Crippen LogP contribution in [-0.2, 0) is 10.9 Å². The summed E-state index contributed by atoms with van der Waals surface area (Å²) in [6.45, 7) is 1.67. The molecule has 2 aromatic carbocycles. The van der Waals surface area contributed by atoms with Crippen molar-refractivity contribution >= 4 is 5.97 Å². The molecule has 2 rings (SSSR count). The molecule has 0 spiro atoms. The highest BCUT2D eigenvalue weighted by atomic mass is 19.4. The van der Waals surface area contributed by atoms with E-state index < -0.39 is 23.5 Å². The molecule has 0 aliphatic carbocycles. The molecule has 6 heteroatoms. The van der Waals surface area contributed by atoms with Gasteiger partial charge in [-0.1, -0.05) is 18.2 Å². The number of carbonyl (C=O) groups excluding carboxylic acids is 1. The van der Waals surface area contributed by atoms with Gasteiger partial charge < -0.3 is 4.74 Å². The molecular formula is C16H12F4O2.